The van der Waals surface area contributed by atoms with Crippen LogP contribution in [0.4, 0.5) is 14.6 Å². The maximum atomic E-state index is 13.5. The predicted molar refractivity (Wildman–Crippen MR) is 68.5 cm³/mol. The molecule has 1 heterocycles. The van der Waals surface area contributed by atoms with Crippen molar-refractivity contribution in [2.75, 3.05) is 11.9 Å². The molecule has 2 nitrogen and oxygen atoms in total. The Bertz CT molecular complexity index is 389. The molecule has 17 heavy (non-hydrogen) atoms. The summed E-state index contributed by atoms with van der Waals surface area (Å²) >= 11 is 1.29. The van der Waals surface area contributed by atoms with Gasteiger partial charge >= 0.3 is 0 Å². The number of hydrogen-bond acceptors (Lipinski definition) is 3. The minimum absolute atomic E-state index is 0.125. The van der Waals surface area contributed by atoms with Crippen LogP contribution >= 0.6 is 11.8 Å². The van der Waals surface area contributed by atoms with Crippen LogP contribution in [-0.4, -0.2) is 16.3 Å². The molecule has 0 unspecified atom stereocenters. The fraction of sp³-hybridized carbons (Fsp3) is 0.583. The predicted octanol–water partition coefficient (Wildman–Crippen LogP) is 4.07. The lowest BCUT2D eigenvalue weighted by Crippen LogP contribution is -2.11. The highest BCUT2D eigenvalue weighted by molar-refractivity contribution is 8.00. The van der Waals surface area contributed by atoms with Crippen LogP contribution in [0.1, 0.15) is 34.1 Å². The second-order valence-electron chi connectivity index (χ2n) is 4.75. The Labute approximate surface area is 105 Å². The first-order chi connectivity index (χ1) is 7.83. The minimum Gasteiger partial charge on any atom is -0.368 e. The van der Waals surface area contributed by atoms with Crippen molar-refractivity contribution in [3.05, 3.63) is 17.7 Å². The summed E-state index contributed by atoms with van der Waals surface area (Å²) in [5, 5.41) is 3.08. The summed E-state index contributed by atoms with van der Waals surface area (Å²) < 4.78 is 26.8. The van der Waals surface area contributed by atoms with Gasteiger partial charge in [-0.2, -0.15) is 0 Å². The monoisotopic (exact) mass is 260 g/mol. The zero-order chi connectivity index (χ0) is 13.1. The molecular weight excluding hydrogens is 242 g/mol. The van der Waals surface area contributed by atoms with E-state index in [9.17, 15) is 8.78 Å². The standard InChI is InChI=1S/C12H18F2N2S/c1-5-6-15-10-8(13)7-9(14)11(16-10)17-12(2,3)4/h7H,5-6H2,1-4H3,(H,15,16). The lowest BCUT2D eigenvalue weighted by molar-refractivity contribution is 0.549. The lowest BCUT2D eigenvalue weighted by Gasteiger charge is -2.18. The van der Waals surface area contributed by atoms with Crippen LogP contribution in [0.5, 0.6) is 0 Å². The number of anilines is 1. The molecule has 0 fully saturated rings. The summed E-state index contributed by atoms with van der Waals surface area (Å²) in [5.41, 5.74) is 0. The van der Waals surface area contributed by atoms with Crippen molar-refractivity contribution < 1.29 is 8.78 Å². The number of nitrogens with zero attached hydrogens (tertiary/aromatic N) is 1. The van der Waals surface area contributed by atoms with E-state index in [1.54, 1.807) is 0 Å². The van der Waals surface area contributed by atoms with Crippen LogP contribution in [0.15, 0.2) is 11.1 Å². The molecule has 5 heteroatoms. The summed E-state index contributed by atoms with van der Waals surface area (Å²) in [7, 11) is 0. The quantitative estimate of drug-likeness (QED) is 0.826. The normalized spacial score (nSPS) is 11.6. The van der Waals surface area contributed by atoms with Gasteiger partial charge in [0.05, 0.1) is 0 Å². The topological polar surface area (TPSA) is 24.9 Å². The third-order valence-electron chi connectivity index (χ3n) is 1.84. The number of halogens is 2. The Morgan fingerprint density at radius 2 is 1.94 bits per heavy atom. The van der Waals surface area contributed by atoms with Gasteiger partial charge in [-0.25, -0.2) is 13.8 Å². The van der Waals surface area contributed by atoms with Gasteiger partial charge in [0.25, 0.3) is 0 Å². The van der Waals surface area contributed by atoms with Gasteiger partial charge in [0, 0.05) is 17.4 Å². The number of aromatic nitrogens is 1. The molecule has 1 rings (SSSR count). The average molecular weight is 260 g/mol. The van der Waals surface area contributed by atoms with Crippen molar-refractivity contribution in [1.29, 1.82) is 0 Å². The van der Waals surface area contributed by atoms with E-state index in [1.807, 2.05) is 27.7 Å². The number of hydrogen-bond donors (Lipinski definition) is 1. The molecule has 0 radical (unpaired) electrons. The van der Waals surface area contributed by atoms with Gasteiger partial charge in [-0.1, -0.05) is 39.5 Å². The summed E-state index contributed by atoms with van der Waals surface area (Å²) in [5.74, 6) is -1.13. The van der Waals surface area contributed by atoms with Crippen molar-refractivity contribution in [3.63, 3.8) is 0 Å². The van der Waals surface area contributed by atoms with Gasteiger partial charge in [0.2, 0.25) is 0 Å². The summed E-state index contributed by atoms with van der Waals surface area (Å²) in [6.07, 6.45) is 0.861. The van der Waals surface area contributed by atoms with E-state index in [0.29, 0.717) is 6.54 Å². The van der Waals surface area contributed by atoms with E-state index < -0.39 is 11.6 Å². The Kier molecular flexibility index (Phi) is 4.74. The van der Waals surface area contributed by atoms with E-state index in [2.05, 4.69) is 10.3 Å². The molecule has 0 aliphatic carbocycles. The smallest absolute Gasteiger partial charge is 0.168 e. The van der Waals surface area contributed by atoms with Crippen molar-refractivity contribution >= 4 is 17.6 Å². The van der Waals surface area contributed by atoms with Crippen molar-refractivity contribution in [1.82, 2.24) is 4.98 Å². The number of thioether (sulfide) groups is 1. The molecule has 0 saturated heterocycles. The Morgan fingerprint density at radius 3 is 2.47 bits per heavy atom. The maximum absolute atomic E-state index is 13.5. The van der Waals surface area contributed by atoms with Crippen LogP contribution in [0.2, 0.25) is 0 Å². The molecule has 0 spiro atoms. The summed E-state index contributed by atoms with van der Waals surface area (Å²) in [4.78, 5) is 4.00. The van der Waals surface area contributed by atoms with E-state index in [0.717, 1.165) is 12.5 Å². The van der Waals surface area contributed by atoms with Gasteiger partial charge in [0.15, 0.2) is 17.5 Å². The first kappa shape index (κ1) is 14.2. The summed E-state index contributed by atoms with van der Waals surface area (Å²) in [6.45, 7) is 8.47. The van der Waals surface area contributed by atoms with Crippen molar-refractivity contribution in [2.24, 2.45) is 0 Å². The molecule has 1 N–H and O–H groups in total. The number of nitrogens with one attached hydrogen (secondary N) is 1. The Morgan fingerprint density at radius 1 is 1.29 bits per heavy atom. The highest BCUT2D eigenvalue weighted by Crippen LogP contribution is 2.33. The molecule has 0 atom stereocenters. The maximum Gasteiger partial charge on any atom is 0.168 e. The summed E-state index contributed by atoms with van der Waals surface area (Å²) in [6, 6.07) is 0.888. The fourth-order valence-electron chi connectivity index (χ4n) is 1.18. The SMILES string of the molecule is CCCNc1nc(SC(C)(C)C)c(F)cc1F. The molecule has 0 amide bonds. The van der Waals surface area contributed by atoms with Gasteiger partial charge < -0.3 is 5.32 Å². The molecule has 0 aliphatic heterocycles. The molecule has 0 saturated carbocycles. The van der Waals surface area contributed by atoms with E-state index >= 15 is 0 Å². The first-order valence-corrected chi connectivity index (χ1v) is 6.44. The largest absolute Gasteiger partial charge is 0.368 e. The van der Waals surface area contributed by atoms with Gasteiger partial charge in [-0.3, -0.25) is 0 Å². The van der Waals surface area contributed by atoms with E-state index in [-0.39, 0.29) is 15.6 Å². The van der Waals surface area contributed by atoms with E-state index in [4.69, 9.17) is 0 Å². The molecule has 0 bridgehead atoms. The van der Waals surface area contributed by atoms with Crippen molar-refractivity contribution in [2.45, 2.75) is 43.9 Å². The molecule has 96 valence electrons. The van der Waals surface area contributed by atoms with E-state index in [1.165, 1.54) is 11.8 Å². The van der Waals surface area contributed by atoms with Crippen LogP contribution in [-0.2, 0) is 0 Å². The van der Waals surface area contributed by atoms with Crippen LogP contribution in [0.3, 0.4) is 0 Å². The third-order valence-corrected chi connectivity index (χ3v) is 2.93. The van der Waals surface area contributed by atoms with Crippen LogP contribution in [0.25, 0.3) is 0 Å². The highest BCUT2D eigenvalue weighted by atomic mass is 32.2. The second kappa shape index (κ2) is 5.67. The van der Waals surface area contributed by atoms with Gasteiger partial charge in [-0.05, 0) is 6.42 Å². The first-order valence-electron chi connectivity index (χ1n) is 5.62. The molecule has 1 aromatic rings. The third kappa shape index (κ3) is 4.50. The Balaban J connectivity index is 2.97. The minimum atomic E-state index is -0.644. The highest BCUT2D eigenvalue weighted by Gasteiger charge is 2.19. The average Bonchev–Trinajstić information content (AvgIpc) is 2.18. The molecule has 0 aliphatic rings. The van der Waals surface area contributed by atoms with Crippen LogP contribution < -0.4 is 5.32 Å². The van der Waals surface area contributed by atoms with Gasteiger partial charge in [-0.15, -0.1) is 0 Å². The Hall–Kier alpha value is -0.840. The fourth-order valence-corrected chi connectivity index (χ4v) is 2.05. The van der Waals surface area contributed by atoms with Crippen molar-refractivity contribution in [3.8, 4) is 0 Å². The van der Waals surface area contributed by atoms with Gasteiger partial charge in [0.1, 0.15) is 5.03 Å². The molecule has 0 aromatic carbocycles. The lowest BCUT2D eigenvalue weighted by atomic mass is 10.3. The van der Waals surface area contributed by atoms with Crippen LogP contribution in [0, 0.1) is 11.6 Å². The second-order valence-corrected chi connectivity index (χ2v) is 6.56. The molecular formula is C12H18F2N2S. The number of pyridine rings is 1. The zero-order valence-electron chi connectivity index (χ0n) is 10.6. The number of rotatable bonds is 4. The zero-order valence-corrected chi connectivity index (χ0v) is 11.4. The molecule has 1 aromatic heterocycles.